The number of anilines is 1. The third-order valence-corrected chi connectivity index (χ3v) is 4.15. The van der Waals surface area contributed by atoms with E-state index in [4.69, 9.17) is 11.6 Å². The summed E-state index contributed by atoms with van der Waals surface area (Å²) in [7, 11) is 0. The maximum atomic E-state index is 6.05. The molecular formula is C10H16ClN3S. The molecule has 1 saturated carbocycles. The molecule has 0 saturated heterocycles. The van der Waals surface area contributed by atoms with Gasteiger partial charge in [0.2, 0.25) is 5.13 Å². The molecule has 0 unspecified atom stereocenters. The largest absolute Gasteiger partial charge is 0.354 e. The Kier molecular flexibility index (Phi) is 3.46. The van der Waals surface area contributed by atoms with Crippen LogP contribution in [0.1, 0.15) is 38.4 Å². The Balaban J connectivity index is 2.05. The van der Waals surface area contributed by atoms with Gasteiger partial charge in [-0.15, -0.1) is 11.6 Å². The van der Waals surface area contributed by atoms with Crippen LogP contribution in [0.4, 0.5) is 5.13 Å². The summed E-state index contributed by atoms with van der Waals surface area (Å²) in [5, 5.41) is 4.40. The number of nitrogens with one attached hydrogen (secondary N) is 1. The number of hydrogen-bond donors (Lipinski definition) is 1. The first-order valence-electron chi connectivity index (χ1n) is 5.45. The maximum Gasteiger partial charge on any atom is 0.203 e. The van der Waals surface area contributed by atoms with E-state index in [2.05, 4.69) is 21.6 Å². The molecule has 0 amide bonds. The highest BCUT2D eigenvalue weighted by Gasteiger charge is 2.33. The van der Waals surface area contributed by atoms with E-state index in [0.717, 1.165) is 30.2 Å². The van der Waals surface area contributed by atoms with Gasteiger partial charge in [0.05, 0.1) is 5.54 Å². The average molecular weight is 246 g/mol. The molecule has 1 aromatic rings. The number of aromatic nitrogens is 2. The number of hydrogen-bond acceptors (Lipinski definition) is 4. The van der Waals surface area contributed by atoms with E-state index in [0.29, 0.717) is 5.88 Å². The average Bonchev–Trinajstić information content (AvgIpc) is 2.88. The van der Waals surface area contributed by atoms with Gasteiger partial charge in [0.15, 0.2) is 0 Å². The van der Waals surface area contributed by atoms with Crippen molar-refractivity contribution in [3.8, 4) is 0 Å². The van der Waals surface area contributed by atoms with Crippen LogP contribution >= 0.6 is 23.1 Å². The first-order chi connectivity index (χ1) is 7.28. The van der Waals surface area contributed by atoms with Crippen molar-refractivity contribution in [2.45, 2.75) is 44.6 Å². The molecule has 1 heterocycles. The van der Waals surface area contributed by atoms with Crippen LogP contribution in [0, 0.1) is 0 Å². The van der Waals surface area contributed by atoms with Gasteiger partial charge in [0, 0.05) is 23.8 Å². The maximum absolute atomic E-state index is 6.05. The van der Waals surface area contributed by atoms with E-state index in [1.165, 1.54) is 24.4 Å². The summed E-state index contributed by atoms with van der Waals surface area (Å²) in [6.45, 7) is 2.07. The molecule has 0 aromatic carbocycles. The summed E-state index contributed by atoms with van der Waals surface area (Å²) < 4.78 is 4.27. The van der Waals surface area contributed by atoms with Crippen molar-refractivity contribution >= 4 is 28.3 Å². The van der Waals surface area contributed by atoms with Gasteiger partial charge in [-0.1, -0.05) is 19.8 Å². The van der Waals surface area contributed by atoms with Gasteiger partial charge in [0.1, 0.15) is 5.82 Å². The zero-order valence-corrected chi connectivity index (χ0v) is 10.5. The first kappa shape index (κ1) is 11.1. The molecule has 1 aromatic heterocycles. The highest BCUT2D eigenvalue weighted by Crippen LogP contribution is 2.34. The Hall–Kier alpha value is -0.350. The molecule has 84 valence electrons. The lowest BCUT2D eigenvalue weighted by Crippen LogP contribution is -2.36. The number of rotatable bonds is 4. The summed E-state index contributed by atoms with van der Waals surface area (Å²) in [6.07, 6.45) is 5.72. The number of aryl methyl sites for hydroxylation is 1. The lowest BCUT2D eigenvalue weighted by Gasteiger charge is -2.27. The van der Waals surface area contributed by atoms with Gasteiger partial charge in [-0.05, 0) is 12.8 Å². The quantitative estimate of drug-likeness (QED) is 0.829. The SMILES string of the molecule is CCc1nsc(NC2(CCl)CCCC2)n1. The summed E-state index contributed by atoms with van der Waals surface area (Å²) in [4.78, 5) is 4.42. The zero-order valence-electron chi connectivity index (χ0n) is 8.92. The summed E-state index contributed by atoms with van der Waals surface area (Å²) in [5.41, 5.74) is 0.0755. The fraction of sp³-hybridized carbons (Fsp3) is 0.800. The van der Waals surface area contributed by atoms with Crippen molar-refractivity contribution in [2.75, 3.05) is 11.2 Å². The highest BCUT2D eigenvalue weighted by molar-refractivity contribution is 7.09. The fourth-order valence-corrected chi connectivity index (χ4v) is 3.12. The zero-order chi connectivity index (χ0) is 10.7. The Morgan fingerprint density at radius 3 is 2.73 bits per heavy atom. The van der Waals surface area contributed by atoms with Gasteiger partial charge in [-0.2, -0.15) is 4.37 Å². The van der Waals surface area contributed by atoms with Crippen LogP contribution in [-0.2, 0) is 6.42 Å². The molecule has 1 aliphatic rings. The predicted molar refractivity (Wildman–Crippen MR) is 64.8 cm³/mol. The molecule has 0 spiro atoms. The molecule has 0 radical (unpaired) electrons. The first-order valence-corrected chi connectivity index (χ1v) is 6.75. The Morgan fingerprint density at radius 2 is 2.20 bits per heavy atom. The number of nitrogens with zero attached hydrogens (tertiary/aromatic N) is 2. The van der Waals surface area contributed by atoms with Gasteiger partial charge < -0.3 is 5.32 Å². The van der Waals surface area contributed by atoms with Crippen LogP contribution in [0.2, 0.25) is 0 Å². The normalized spacial score (nSPS) is 19.3. The van der Waals surface area contributed by atoms with Gasteiger partial charge >= 0.3 is 0 Å². The van der Waals surface area contributed by atoms with Crippen LogP contribution in [0.15, 0.2) is 0 Å². The van der Waals surface area contributed by atoms with E-state index >= 15 is 0 Å². The summed E-state index contributed by atoms with van der Waals surface area (Å²) >= 11 is 7.49. The van der Waals surface area contributed by atoms with Crippen molar-refractivity contribution in [3.63, 3.8) is 0 Å². The van der Waals surface area contributed by atoms with Gasteiger partial charge in [-0.3, -0.25) is 0 Å². The Labute approximate surface area is 99.4 Å². The number of alkyl halides is 1. The molecule has 3 nitrogen and oxygen atoms in total. The minimum Gasteiger partial charge on any atom is -0.354 e. The molecule has 2 rings (SSSR count). The lowest BCUT2D eigenvalue weighted by molar-refractivity contribution is 0.539. The molecule has 0 aliphatic heterocycles. The second kappa shape index (κ2) is 4.66. The molecule has 1 aliphatic carbocycles. The van der Waals surface area contributed by atoms with Crippen LogP contribution in [-0.4, -0.2) is 20.8 Å². The van der Waals surface area contributed by atoms with Crippen molar-refractivity contribution in [2.24, 2.45) is 0 Å². The third kappa shape index (κ3) is 2.42. The molecule has 1 N–H and O–H groups in total. The predicted octanol–water partition coefficient (Wildman–Crippen LogP) is 3.06. The van der Waals surface area contributed by atoms with Crippen LogP contribution < -0.4 is 5.32 Å². The minimum atomic E-state index is 0.0755. The van der Waals surface area contributed by atoms with Crippen molar-refractivity contribution in [1.82, 2.24) is 9.36 Å². The monoisotopic (exact) mass is 245 g/mol. The Bertz CT molecular complexity index is 320. The molecule has 0 atom stereocenters. The molecule has 5 heteroatoms. The Morgan fingerprint density at radius 1 is 1.47 bits per heavy atom. The van der Waals surface area contributed by atoms with Crippen molar-refractivity contribution in [1.29, 1.82) is 0 Å². The smallest absolute Gasteiger partial charge is 0.203 e. The van der Waals surface area contributed by atoms with E-state index < -0.39 is 0 Å². The fourth-order valence-electron chi connectivity index (χ4n) is 2.02. The topological polar surface area (TPSA) is 37.8 Å². The lowest BCUT2D eigenvalue weighted by atomic mass is 10.0. The standard InChI is InChI=1S/C10H16ClN3S/c1-2-8-12-9(15-14-8)13-10(7-11)5-3-4-6-10/h2-7H2,1H3,(H,12,13,14). The van der Waals surface area contributed by atoms with Crippen molar-refractivity contribution < 1.29 is 0 Å². The second-order valence-electron chi connectivity index (χ2n) is 4.12. The van der Waals surface area contributed by atoms with E-state index in [9.17, 15) is 0 Å². The number of halogens is 1. The van der Waals surface area contributed by atoms with E-state index in [1.807, 2.05) is 0 Å². The molecule has 1 fully saturated rings. The molecular weight excluding hydrogens is 230 g/mol. The van der Waals surface area contributed by atoms with E-state index in [1.54, 1.807) is 0 Å². The van der Waals surface area contributed by atoms with Crippen molar-refractivity contribution in [3.05, 3.63) is 5.82 Å². The summed E-state index contributed by atoms with van der Waals surface area (Å²) in [6, 6.07) is 0. The minimum absolute atomic E-state index is 0.0755. The molecule has 0 bridgehead atoms. The molecule has 15 heavy (non-hydrogen) atoms. The van der Waals surface area contributed by atoms with Crippen LogP contribution in [0.25, 0.3) is 0 Å². The van der Waals surface area contributed by atoms with Gasteiger partial charge in [0.25, 0.3) is 0 Å². The summed E-state index contributed by atoms with van der Waals surface area (Å²) in [5.74, 6) is 1.58. The second-order valence-corrected chi connectivity index (χ2v) is 5.13. The van der Waals surface area contributed by atoms with Gasteiger partial charge in [-0.25, -0.2) is 4.98 Å². The third-order valence-electron chi connectivity index (χ3n) is 2.97. The van der Waals surface area contributed by atoms with Crippen LogP contribution in [0.5, 0.6) is 0 Å². The van der Waals surface area contributed by atoms with E-state index in [-0.39, 0.29) is 5.54 Å². The van der Waals surface area contributed by atoms with Crippen LogP contribution in [0.3, 0.4) is 0 Å². The highest BCUT2D eigenvalue weighted by atomic mass is 35.5.